The van der Waals surface area contributed by atoms with E-state index >= 15 is 0 Å². The Morgan fingerprint density at radius 1 is 0.429 bits per heavy atom. The maximum absolute atomic E-state index is 0. The Morgan fingerprint density at radius 3 is 0.429 bits per heavy atom. The second kappa shape index (κ2) is 540. The molecule has 0 unspecified atom stereocenters. The summed E-state index contributed by atoms with van der Waals surface area (Å²) in [5, 5.41) is 0. The Balaban J connectivity index is 0. The molecule has 5 nitrogen and oxygen atoms in total. The summed E-state index contributed by atoms with van der Waals surface area (Å²) in [7, 11) is 0. The quantitative estimate of drug-likeness (QED) is 0.358. The van der Waals surface area contributed by atoms with E-state index in [-0.39, 0.29) is 57.1 Å². The van der Waals surface area contributed by atoms with Crippen molar-refractivity contribution in [1.29, 1.82) is 0 Å². The average Bonchev–Trinajstić information content (AvgIpc) is 0. The maximum Gasteiger partial charge on any atom is 0 e. The van der Waals surface area contributed by atoms with Crippen LogP contribution in [-0.2, 0) is 17.4 Å². The van der Waals surface area contributed by atoms with Crippen LogP contribution in [0.4, 0.5) is 0 Å². The van der Waals surface area contributed by atoms with Gasteiger partial charge in [0, 0.05) is 17.4 Å². The summed E-state index contributed by atoms with van der Waals surface area (Å²) in [6.07, 6.45) is 0. The van der Waals surface area contributed by atoms with Gasteiger partial charge in [0.15, 0.2) is 0 Å². The Bertz CT molecular complexity index is 8.04. The Labute approximate surface area is 57.8 Å². The summed E-state index contributed by atoms with van der Waals surface area (Å²) in [5.74, 6) is 0. The number of rotatable bonds is 0. The molecule has 0 radical (unpaired) electrons. The van der Waals surface area contributed by atoms with Crippen molar-refractivity contribution in [3.8, 4) is 0 Å². The smallest absolute Gasteiger partial charge is 0 e. The summed E-state index contributed by atoms with van der Waals surface area (Å²) in [4.78, 5) is 0. The Morgan fingerprint density at radius 2 is 0.429 bits per heavy atom. The molecule has 10 N–H and O–H groups in total. The second-order valence-corrected chi connectivity index (χ2v) is 0. The molecule has 0 aromatic heterocycles. The van der Waals surface area contributed by atoms with Gasteiger partial charge in [0.2, 0.25) is 0 Å². The Kier molecular flexibility index (Phi) is 66600. The molecular formula is H11ClCrO5. The van der Waals surface area contributed by atoms with Crippen molar-refractivity contribution in [2.75, 3.05) is 0 Å². The van der Waals surface area contributed by atoms with Gasteiger partial charge in [-0.25, -0.2) is 0 Å². The third-order valence-electron chi connectivity index (χ3n) is 0. The normalized spacial score (nSPS) is 0. The molecule has 0 aliphatic carbocycles. The first kappa shape index (κ1) is 863. The van der Waals surface area contributed by atoms with E-state index in [9.17, 15) is 0 Å². The second-order valence-electron chi connectivity index (χ2n) is 0. The van der Waals surface area contributed by atoms with Gasteiger partial charge in [-0.05, 0) is 0 Å². The zero-order valence-electron chi connectivity index (χ0n) is 3.32. The molecule has 0 saturated carbocycles. The fourth-order valence-corrected chi connectivity index (χ4v) is 0. The molecule has 0 amide bonds. The van der Waals surface area contributed by atoms with Crippen LogP contribution in [-0.4, -0.2) is 27.4 Å². The van der Waals surface area contributed by atoms with E-state index in [4.69, 9.17) is 0 Å². The fraction of sp³-hybridized carbons (Fsp3) is 0. The van der Waals surface area contributed by atoms with Gasteiger partial charge in [-0.15, -0.1) is 12.4 Å². The molecular weight excluding hydrogens is 167 g/mol. The van der Waals surface area contributed by atoms with Crippen LogP contribution in [0.2, 0.25) is 0 Å². The third-order valence-corrected chi connectivity index (χ3v) is 0. The zero-order chi connectivity index (χ0) is 0. The summed E-state index contributed by atoms with van der Waals surface area (Å²) >= 11 is 0. The van der Waals surface area contributed by atoms with Crippen LogP contribution in [0, 0.1) is 0 Å². The van der Waals surface area contributed by atoms with Crippen molar-refractivity contribution in [1.82, 2.24) is 0 Å². The minimum Gasteiger partial charge on any atom is -0.412 e. The SMILES string of the molecule is Cl.O.O.O.O.O.[Cr]. The van der Waals surface area contributed by atoms with Gasteiger partial charge in [0.05, 0.1) is 0 Å². The molecule has 7 heavy (non-hydrogen) atoms. The standard InChI is InChI=1S/ClH.Cr.5H2O/h1H;;5*1H2. The molecule has 0 atom stereocenters. The molecule has 0 bridgehead atoms. The summed E-state index contributed by atoms with van der Waals surface area (Å²) in [5.41, 5.74) is 0. The number of hydrogen-bond donors (Lipinski definition) is 0. The first-order valence-electron chi connectivity index (χ1n) is 0. The van der Waals surface area contributed by atoms with Crippen LogP contribution in [0.1, 0.15) is 0 Å². The minimum atomic E-state index is 0. The van der Waals surface area contributed by atoms with Crippen LogP contribution in [0.5, 0.6) is 0 Å². The van der Waals surface area contributed by atoms with Crippen LogP contribution in [0.3, 0.4) is 0 Å². The molecule has 0 heterocycles. The van der Waals surface area contributed by atoms with Gasteiger partial charge in [-0.3, -0.25) is 0 Å². The minimum absolute atomic E-state index is 0. The molecule has 0 aliphatic heterocycles. The van der Waals surface area contributed by atoms with Gasteiger partial charge < -0.3 is 27.4 Å². The molecule has 0 spiro atoms. The van der Waals surface area contributed by atoms with Gasteiger partial charge in [0.25, 0.3) is 0 Å². The van der Waals surface area contributed by atoms with Crippen LogP contribution >= 0.6 is 12.4 Å². The van der Waals surface area contributed by atoms with E-state index in [1.165, 1.54) is 0 Å². The van der Waals surface area contributed by atoms with Crippen molar-refractivity contribution >= 4 is 12.4 Å². The summed E-state index contributed by atoms with van der Waals surface area (Å²) in [6.45, 7) is 0. The van der Waals surface area contributed by atoms with Crippen LogP contribution in [0.15, 0.2) is 0 Å². The van der Waals surface area contributed by atoms with Gasteiger partial charge in [-0.1, -0.05) is 0 Å². The molecule has 54 valence electrons. The molecule has 0 aromatic carbocycles. The van der Waals surface area contributed by atoms with Gasteiger partial charge >= 0.3 is 0 Å². The molecule has 7 heteroatoms. The van der Waals surface area contributed by atoms with Crippen molar-refractivity contribution in [2.45, 2.75) is 0 Å². The molecule has 0 aromatic rings. The molecule has 0 saturated heterocycles. The van der Waals surface area contributed by atoms with E-state index in [1.807, 2.05) is 0 Å². The van der Waals surface area contributed by atoms with Gasteiger partial charge in [0.1, 0.15) is 0 Å². The fourth-order valence-electron chi connectivity index (χ4n) is 0. The Hall–Kier alpha value is 0.622. The zero-order valence-corrected chi connectivity index (χ0v) is 5.41. The predicted molar refractivity (Wildman–Crippen MR) is 25.3 cm³/mol. The first-order valence-corrected chi connectivity index (χ1v) is 0. The average molecular weight is 179 g/mol. The topological polar surface area (TPSA) is 158 Å². The van der Waals surface area contributed by atoms with Crippen molar-refractivity contribution < 1.29 is 44.7 Å². The largest absolute Gasteiger partial charge is 0.412 e. The van der Waals surface area contributed by atoms with Crippen molar-refractivity contribution in [3.63, 3.8) is 0 Å². The van der Waals surface area contributed by atoms with Crippen LogP contribution < -0.4 is 0 Å². The summed E-state index contributed by atoms with van der Waals surface area (Å²) < 4.78 is 0. The van der Waals surface area contributed by atoms with Gasteiger partial charge in [-0.2, -0.15) is 0 Å². The molecule has 0 rings (SSSR count). The molecule has 0 fully saturated rings. The van der Waals surface area contributed by atoms with E-state index in [2.05, 4.69) is 0 Å². The van der Waals surface area contributed by atoms with E-state index in [0.717, 1.165) is 0 Å². The maximum atomic E-state index is 0. The number of halogens is 1. The molecule has 0 aliphatic rings. The number of hydrogen-bond acceptors (Lipinski definition) is 0. The summed E-state index contributed by atoms with van der Waals surface area (Å²) in [6, 6.07) is 0. The van der Waals surface area contributed by atoms with E-state index in [1.54, 1.807) is 0 Å². The van der Waals surface area contributed by atoms with Crippen LogP contribution in [0.25, 0.3) is 0 Å². The third kappa shape index (κ3) is 365. The first-order chi connectivity index (χ1) is 0. The van der Waals surface area contributed by atoms with Crippen molar-refractivity contribution in [3.05, 3.63) is 0 Å². The van der Waals surface area contributed by atoms with E-state index < -0.39 is 0 Å². The predicted octanol–water partition coefficient (Wildman–Crippen LogP) is -3.70. The van der Waals surface area contributed by atoms with E-state index in [0.29, 0.717) is 0 Å². The monoisotopic (exact) mass is 178 g/mol. The van der Waals surface area contributed by atoms with Crippen molar-refractivity contribution in [2.24, 2.45) is 0 Å².